The summed E-state index contributed by atoms with van der Waals surface area (Å²) in [6.45, 7) is 10.2. The molecule has 1 aromatic carbocycles. The average molecular weight is 368 g/mol. The van der Waals surface area contributed by atoms with Crippen molar-refractivity contribution in [2.45, 2.75) is 45.0 Å². The van der Waals surface area contributed by atoms with E-state index < -0.39 is 10.8 Å². The van der Waals surface area contributed by atoms with Crippen molar-refractivity contribution in [2.24, 2.45) is 4.99 Å². The van der Waals surface area contributed by atoms with E-state index >= 15 is 0 Å². The summed E-state index contributed by atoms with van der Waals surface area (Å²) in [4.78, 5) is 4.18. The van der Waals surface area contributed by atoms with Crippen molar-refractivity contribution in [3.63, 3.8) is 0 Å². The highest BCUT2D eigenvalue weighted by atomic mass is 32.2. The lowest BCUT2D eigenvalue weighted by atomic mass is 10.1. The lowest BCUT2D eigenvalue weighted by Gasteiger charge is -2.18. The molecular formula is C19H33N3O2S. The van der Waals surface area contributed by atoms with Gasteiger partial charge >= 0.3 is 0 Å². The van der Waals surface area contributed by atoms with Crippen LogP contribution < -0.4 is 10.6 Å². The number of guanidine groups is 1. The van der Waals surface area contributed by atoms with Gasteiger partial charge < -0.3 is 15.4 Å². The number of hydrogen-bond acceptors (Lipinski definition) is 3. The Hall–Kier alpha value is -1.40. The average Bonchev–Trinajstić information content (AvgIpc) is 2.59. The molecule has 0 aromatic heterocycles. The number of benzene rings is 1. The summed E-state index contributed by atoms with van der Waals surface area (Å²) in [7, 11) is 0.887. The number of rotatable bonds is 9. The van der Waals surface area contributed by atoms with Gasteiger partial charge in [0.1, 0.15) is 0 Å². The molecule has 2 unspecified atom stereocenters. The Bertz CT molecular complexity index is 541. The predicted molar refractivity (Wildman–Crippen MR) is 108 cm³/mol. The van der Waals surface area contributed by atoms with Crippen molar-refractivity contribution < 1.29 is 8.95 Å². The molecule has 0 amide bonds. The first-order chi connectivity index (χ1) is 11.8. The molecular weight excluding hydrogens is 334 g/mol. The normalized spacial score (nSPS) is 14.8. The third-order valence-corrected chi connectivity index (χ3v) is 5.68. The fourth-order valence-corrected chi connectivity index (χ4v) is 3.05. The van der Waals surface area contributed by atoms with Crippen molar-refractivity contribution in [1.29, 1.82) is 0 Å². The summed E-state index contributed by atoms with van der Waals surface area (Å²) in [6, 6.07) is 10.2. The molecule has 0 radical (unpaired) electrons. The highest BCUT2D eigenvalue weighted by Gasteiger charge is 2.18. The Morgan fingerprint density at radius 2 is 1.84 bits per heavy atom. The van der Waals surface area contributed by atoms with E-state index in [1.165, 1.54) is 5.56 Å². The molecule has 1 aromatic rings. The van der Waals surface area contributed by atoms with E-state index in [0.29, 0.717) is 18.9 Å². The van der Waals surface area contributed by atoms with E-state index in [4.69, 9.17) is 4.74 Å². The molecule has 5 nitrogen and oxygen atoms in total. The van der Waals surface area contributed by atoms with Gasteiger partial charge in [0, 0.05) is 48.0 Å². The van der Waals surface area contributed by atoms with E-state index in [-0.39, 0.29) is 10.9 Å². The standard InChI is InChI=1S/C19H33N3O2S/c1-16(17-10-7-6-8-11-17)24-14-9-12-21-18(20-5)22-13-15-25(23)19(2,3)4/h6-8,10-11,16H,9,12-15H2,1-5H3,(H2,20,21,22). The maximum atomic E-state index is 12.0. The largest absolute Gasteiger partial charge is 0.374 e. The summed E-state index contributed by atoms with van der Waals surface area (Å²) in [5.74, 6) is 1.35. The summed E-state index contributed by atoms with van der Waals surface area (Å²) >= 11 is 0. The second-order valence-corrected chi connectivity index (χ2v) is 9.19. The Labute approximate surface area is 155 Å². The highest BCUT2D eigenvalue weighted by molar-refractivity contribution is 7.86. The van der Waals surface area contributed by atoms with E-state index in [1.807, 2.05) is 39.0 Å². The first-order valence-electron chi connectivity index (χ1n) is 8.84. The van der Waals surface area contributed by atoms with Crippen LogP contribution in [0, 0.1) is 0 Å². The third-order valence-electron chi connectivity index (χ3n) is 3.74. The van der Waals surface area contributed by atoms with E-state index in [0.717, 1.165) is 18.9 Å². The fourth-order valence-electron chi connectivity index (χ4n) is 2.15. The third kappa shape index (κ3) is 9.02. The quantitative estimate of drug-likeness (QED) is 0.400. The van der Waals surface area contributed by atoms with Crippen LogP contribution in [0.15, 0.2) is 35.3 Å². The lowest BCUT2D eigenvalue weighted by molar-refractivity contribution is 0.0646. The molecule has 1 rings (SSSR count). The molecule has 142 valence electrons. The molecule has 0 aliphatic heterocycles. The second kappa shape index (κ2) is 11.3. The van der Waals surface area contributed by atoms with Crippen molar-refractivity contribution >= 4 is 16.8 Å². The predicted octanol–water partition coefficient (Wildman–Crippen LogP) is 2.87. The van der Waals surface area contributed by atoms with Crippen molar-refractivity contribution in [3.8, 4) is 0 Å². The summed E-state index contributed by atoms with van der Waals surface area (Å²) in [5.41, 5.74) is 1.19. The minimum atomic E-state index is -0.853. The number of nitrogens with one attached hydrogen (secondary N) is 2. The molecule has 0 saturated carbocycles. The van der Waals surface area contributed by atoms with Gasteiger partial charge in [-0.2, -0.15) is 0 Å². The van der Waals surface area contributed by atoms with Gasteiger partial charge in [-0.3, -0.25) is 9.20 Å². The monoisotopic (exact) mass is 367 g/mol. The zero-order chi connectivity index (χ0) is 18.7. The SMILES string of the molecule is CN=C(NCCCOC(C)c1ccccc1)NCCS(=O)C(C)(C)C. The number of hydrogen-bond donors (Lipinski definition) is 2. The van der Waals surface area contributed by atoms with Crippen LogP contribution >= 0.6 is 0 Å². The number of aliphatic imine (C=N–C) groups is 1. The van der Waals surface area contributed by atoms with E-state index in [1.54, 1.807) is 7.05 Å². The molecule has 2 atom stereocenters. The molecule has 0 aliphatic rings. The van der Waals surface area contributed by atoms with E-state index in [2.05, 4.69) is 34.7 Å². The maximum absolute atomic E-state index is 12.0. The minimum absolute atomic E-state index is 0.103. The zero-order valence-electron chi connectivity index (χ0n) is 16.2. The second-order valence-electron chi connectivity index (χ2n) is 6.87. The minimum Gasteiger partial charge on any atom is -0.374 e. The lowest BCUT2D eigenvalue weighted by Crippen LogP contribution is -2.40. The molecule has 0 heterocycles. The van der Waals surface area contributed by atoms with Gasteiger partial charge in [0.15, 0.2) is 5.96 Å². The van der Waals surface area contributed by atoms with Crippen molar-refractivity contribution in [2.75, 3.05) is 32.5 Å². The van der Waals surface area contributed by atoms with Gasteiger partial charge in [-0.15, -0.1) is 0 Å². The Kier molecular flexibility index (Phi) is 9.75. The van der Waals surface area contributed by atoms with Crippen LogP contribution in [-0.2, 0) is 15.5 Å². The molecule has 0 bridgehead atoms. The molecule has 0 spiro atoms. The fraction of sp³-hybridized carbons (Fsp3) is 0.632. The molecule has 0 aliphatic carbocycles. The van der Waals surface area contributed by atoms with Crippen LogP contribution in [0.25, 0.3) is 0 Å². The van der Waals surface area contributed by atoms with Crippen LogP contribution in [0.4, 0.5) is 0 Å². The summed E-state index contributed by atoms with van der Waals surface area (Å²) < 4.78 is 17.7. The Balaban J connectivity index is 2.16. The number of ether oxygens (including phenoxy) is 1. The van der Waals surface area contributed by atoms with Crippen LogP contribution in [0.1, 0.15) is 45.8 Å². The molecule has 6 heteroatoms. The Morgan fingerprint density at radius 1 is 1.20 bits per heavy atom. The van der Waals surface area contributed by atoms with Crippen molar-refractivity contribution in [3.05, 3.63) is 35.9 Å². The van der Waals surface area contributed by atoms with Crippen LogP contribution in [-0.4, -0.2) is 47.4 Å². The first kappa shape index (κ1) is 21.6. The summed E-state index contributed by atoms with van der Waals surface area (Å²) in [5, 5.41) is 6.46. The smallest absolute Gasteiger partial charge is 0.191 e. The summed E-state index contributed by atoms with van der Waals surface area (Å²) in [6.07, 6.45) is 0.997. The van der Waals surface area contributed by atoms with Gasteiger partial charge in [-0.1, -0.05) is 30.3 Å². The number of nitrogens with zero attached hydrogens (tertiary/aromatic N) is 1. The molecule has 25 heavy (non-hydrogen) atoms. The van der Waals surface area contributed by atoms with Gasteiger partial charge in [0.2, 0.25) is 0 Å². The highest BCUT2D eigenvalue weighted by Crippen LogP contribution is 2.15. The Morgan fingerprint density at radius 3 is 2.44 bits per heavy atom. The van der Waals surface area contributed by atoms with Crippen LogP contribution in [0.5, 0.6) is 0 Å². The molecule has 0 saturated heterocycles. The van der Waals surface area contributed by atoms with Crippen molar-refractivity contribution in [1.82, 2.24) is 10.6 Å². The van der Waals surface area contributed by atoms with Gasteiger partial charge in [-0.25, -0.2) is 0 Å². The maximum Gasteiger partial charge on any atom is 0.191 e. The first-order valence-corrected chi connectivity index (χ1v) is 10.2. The van der Waals surface area contributed by atoms with E-state index in [9.17, 15) is 4.21 Å². The van der Waals surface area contributed by atoms with Gasteiger partial charge in [-0.05, 0) is 39.7 Å². The van der Waals surface area contributed by atoms with Crippen LogP contribution in [0.3, 0.4) is 0 Å². The van der Waals surface area contributed by atoms with Crippen LogP contribution in [0.2, 0.25) is 0 Å². The van der Waals surface area contributed by atoms with Gasteiger partial charge in [0.25, 0.3) is 0 Å². The molecule has 0 fully saturated rings. The van der Waals surface area contributed by atoms with Gasteiger partial charge in [0.05, 0.1) is 6.10 Å². The zero-order valence-corrected chi connectivity index (χ0v) is 17.0. The molecule has 2 N–H and O–H groups in total. The topological polar surface area (TPSA) is 62.7 Å².